The minimum atomic E-state index is -0.173. The summed E-state index contributed by atoms with van der Waals surface area (Å²) in [6, 6.07) is 25.4. The van der Waals surface area contributed by atoms with E-state index in [9.17, 15) is 4.79 Å². The molecule has 0 fully saturated rings. The summed E-state index contributed by atoms with van der Waals surface area (Å²) in [5.74, 6) is 1.08. The zero-order chi connectivity index (χ0) is 21.0. The predicted molar refractivity (Wildman–Crippen MR) is 117 cm³/mol. The standard InChI is InChI=1S/C25H21N3O3/c29-25(20-11-12-22-23(13-20)31-17-30-22)26-14-21-16-28(15-18-7-3-1-4-8-18)27-24(21)19-9-5-2-6-10-19/h1-13,16H,14-15,17H2,(H,26,29). The van der Waals surface area contributed by atoms with Gasteiger partial charge in [0.25, 0.3) is 5.91 Å². The van der Waals surface area contributed by atoms with E-state index < -0.39 is 0 Å². The molecule has 1 N–H and O–H groups in total. The quantitative estimate of drug-likeness (QED) is 0.515. The summed E-state index contributed by atoms with van der Waals surface area (Å²) in [5.41, 5.74) is 4.53. The third kappa shape index (κ3) is 4.14. The molecule has 0 aliphatic carbocycles. The predicted octanol–water partition coefficient (Wildman–Crippen LogP) is 4.26. The first-order valence-electron chi connectivity index (χ1n) is 10.1. The summed E-state index contributed by atoms with van der Waals surface area (Å²) >= 11 is 0. The van der Waals surface area contributed by atoms with Crippen LogP contribution in [0.3, 0.4) is 0 Å². The van der Waals surface area contributed by atoms with E-state index in [4.69, 9.17) is 14.6 Å². The third-order valence-corrected chi connectivity index (χ3v) is 5.15. The Balaban J connectivity index is 1.37. The van der Waals surface area contributed by atoms with Gasteiger partial charge >= 0.3 is 0 Å². The number of aromatic nitrogens is 2. The molecule has 0 bridgehead atoms. The van der Waals surface area contributed by atoms with E-state index >= 15 is 0 Å². The van der Waals surface area contributed by atoms with Crippen molar-refractivity contribution in [3.8, 4) is 22.8 Å². The van der Waals surface area contributed by atoms with Crippen LogP contribution in [0.2, 0.25) is 0 Å². The summed E-state index contributed by atoms with van der Waals surface area (Å²) in [6.45, 7) is 1.21. The van der Waals surface area contributed by atoms with Crippen LogP contribution in [0.4, 0.5) is 0 Å². The van der Waals surface area contributed by atoms with Gasteiger partial charge in [-0.2, -0.15) is 5.10 Å². The number of benzene rings is 3. The monoisotopic (exact) mass is 411 g/mol. The molecule has 5 rings (SSSR count). The lowest BCUT2D eigenvalue weighted by atomic mass is 10.1. The van der Waals surface area contributed by atoms with Gasteiger partial charge in [-0.15, -0.1) is 0 Å². The van der Waals surface area contributed by atoms with Gasteiger partial charge in [0, 0.05) is 29.4 Å². The lowest BCUT2D eigenvalue weighted by Gasteiger charge is -2.06. The normalized spacial score (nSPS) is 12.0. The van der Waals surface area contributed by atoms with Crippen LogP contribution in [0.1, 0.15) is 21.5 Å². The Kier molecular flexibility index (Phi) is 5.10. The lowest BCUT2D eigenvalue weighted by molar-refractivity contribution is 0.0950. The Morgan fingerprint density at radius 2 is 1.68 bits per heavy atom. The van der Waals surface area contributed by atoms with E-state index in [0.29, 0.717) is 30.2 Å². The van der Waals surface area contributed by atoms with Gasteiger partial charge in [-0.05, 0) is 23.8 Å². The molecule has 6 heteroatoms. The van der Waals surface area contributed by atoms with Gasteiger partial charge in [0.05, 0.1) is 12.2 Å². The van der Waals surface area contributed by atoms with Gasteiger partial charge in [-0.25, -0.2) is 0 Å². The van der Waals surface area contributed by atoms with Crippen molar-refractivity contribution >= 4 is 5.91 Å². The molecule has 3 aromatic carbocycles. The van der Waals surface area contributed by atoms with Crippen molar-refractivity contribution in [2.45, 2.75) is 13.1 Å². The smallest absolute Gasteiger partial charge is 0.251 e. The minimum absolute atomic E-state index is 0.173. The summed E-state index contributed by atoms with van der Waals surface area (Å²) in [5, 5.41) is 7.81. The highest BCUT2D eigenvalue weighted by Crippen LogP contribution is 2.32. The average Bonchev–Trinajstić information content (AvgIpc) is 3.45. The number of nitrogens with zero attached hydrogens (tertiary/aromatic N) is 2. The lowest BCUT2D eigenvalue weighted by Crippen LogP contribution is -2.22. The van der Waals surface area contributed by atoms with Crippen LogP contribution in [0.25, 0.3) is 11.3 Å². The Bertz CT molecular complexity index is 1200. The Morgan fingerprint density at radius 1 is 0.935 bits per heavy atom. The summed E-state index contributed by atoms with van der Waals surface area (Å²) < 4.78 is 12.6. The van der Waals surface area contributed by atoms with Crippen molar-refractivity contribution in [1.29, 1.82) is 0 Å². The van der Waals surface area contributed by atoms with E-state index in [1.165, 1.54) is 5.56 Å². The molecule has 0 saturated heterocycles. The van der Waals surface area contributed by atoms with Crippen LogP contribution >= 0.6 is 0 Å². The molecule has 0 unspecified atom stereocenters. The van der Waals surface area contributed by atoms with Crippen LogP contribution in [0, 0.1) is 0 Å². The first kappa shape index (κ1) is 18.9. The number of nitrogens with one attached hydrogen (secondary N) is 1. The number of ether oxygens (including phenoxy) is 2. The average molecular weight is 411 g/mol. The van der Waals surface area contributed by atoms with Crippen LogP contribution in [0.15, 0.2) is 85.1 Å². The van der Waals surface area contributed by atoms with Crippen molar-refractivity contribution in [3.63, 3.8) is 0 Å². The number of amides is 1. The molecule has 2 heterocycles. The number of carbonyl (C=O) groups excluding carboxylic acids is 1. The van der Waals surface area contributed by atoms with Gasteiger partial charge in [-0.1, -0.05) is 60.7 Å². The molecule has 0 atom stereocenters. The van der Waals surface area contributed by atoms with E-state index in [-0.39, 0.29) is 12.7 Å². The zero-order valence-electron chi connectivity index (χ0n) is 16.8. The fourth-order valence-corrected chi connectivity index (χ4v) is 3.60. The molecule has 1 amide bonds. The first-order chi connectivity index (χ1) is 15.3. The van der Waals surface area contributed by atoms with Crippen LogP contribution in [-0.2, 0) is 13.1 Å². The maximum Gasteiger partial charge on any atom is 0.251 e. The highest BCUT2D eigenvalue weighted by atomic mass is 16.7. The number of hydrogen-bond donors (Lipinski definition) is 1. The van der Waals surface area contributed by atoms with Crippen molar-refractivity contribution in [1.82, 2.24) is 15.1 Å². The summed E-state index contributed by atoms with van der Waals surface area (Å²) in [6.07, 6.45) is 2.00. The SMILES string of the molecule is O=C(NCc1cn(Cc2ccccc2)nc1-c1ccccc1)c1ccc2c(c1)OCO2. The minimum Gasteiger partial charge on any atom is -0.454 e. The zero-order valence-corrected chi connectivity index (χ0v) is 16.8. The molecule has 0 spiro atoms. The second kappa shape index (κ2) is 8.36. The largest absolute Gasteiger partial charge is 0.454 e. The number of fused-ring (bicyclic) bond motifs is 1. The van der Waals surface area contributed by atoms with Gasteiger partial charge in [0.15, 0.2) is 11.5 Å². The van der Waals surface area contributed by atoms with E-state index in [1.54, 1.807) is 18.2 Å². The number of hydrogen-bond acceptors (Lipinski definition) is 4. The van der Waals surface area contributed by atoms with Crippen molar-refractivity contribution in [2.75, 3.05) is 6.79 Å². The molecule has 1 aliphatic heterocycles. The van der Waals surface area contributed by atoms with E-state index in [1.807, 2.05) is 59.4 Å². The van der Waals surface area contributed by atoms with Crippen LogP contribution < -0.4 is 14.8 Å². The summed E-state index contributed by atoms with van der Waals surface area (Å²) in [4.78, 5) is 12.7. The maximum atomic E-state index is 12.7. The number of carbonyl (C=O) groups is 1. The molecule has 154 valence electrons. The molecule has 6 nitrogen and oxygen atoms in total. The summed E-state index contributed by atoms with van der Waals surface area (Å²) in [7, 11) is 0. The Hall–Kier alpha value is -4.06. The Morgan fingerprint density at radius 3 is 2.48 bits per heavy atom. The highest BCUT2D eigenvalue weighted by molar-refractivity contribution is 5.95. The number of rotatable bonds is 6. The molecular formula is C25H21N3O3. The first-order valence-corrected chi connectivity index (χ1v) is 10.1. The maximum absolute atomic E-state index is 12.7. The Labute approximate surface area is 180 Å². The van der Waals surface area contributed by atoms with Crippen molar-refractivity contribution in [3.05, 3.63) is 102 Å². The fourth-order valence-electron chi connectivity index (χ4n) is 3.60. The van der Waals surface area contributed by atoms with Gasteiger partial charge in [0.2, 0.25) is 6.79 Å². The van der Waals surface area contributed by atoms with E-state index in [2.05, 4.69) is 17.4 Å². The van der Waals surface area contributed by atoms with Crippen molar-refractivity contribution < 1.29 is 14.3 Å². The van der Waals surface area contributed by atoms with Crippen molar-refractivity contribution in [2.24, 2.45) is 0 Å². The third-order valence-electron chi connectivity index (χ3n) is 5.15. The van der Waals surface area contributed by atoms with Gasteiger partial charge in [0.1, 0.15) is 0 Å². The van der Waals surface area contributed by atoms with Crippen LogP contribution in [0.5, 0.6) is 11.5 Å². The van der Waals surface area contributed by atoms with Gasteiger partial charge < -0.3 is 14.8 Å². The fraction of sp³-hybridized carbons (Fsp3) is 0.120. The topological polar surface area (TPSA) is 65.4 Å². The second-order valence-electron chi connectivity index (χ2n) is 7.30. The molecule has 31 heavy (non-hydrogen) atoms. The molecule has 0 saturated carbocycles. The molecule has 4 aromatic rings. The van der Waals surface area contributed by atoms with Crippen LogP contribution in [-0.4, -0.2) is 22.5 Å². The molecule has 1 aromatic heterocycles. The second-order valence-corrected chi connectivity index (χ2v) is 7.30. The van der Waals surface area contributed by atoms with E-state index in [0.717, 1.165) is 16.8 Å². The molecule has 0 radical (unpaired) electrons. The highest BCUT2D eigenvalue weighted by Gasteiger charge is 2.17. The van der Waals surface area contributed by atoms with Gasteiger partial charge in [-0.3, -0.25) is 9.48 Å². The molecular weight excluding hydrogens is 390 g/mol. The molecule has 1 aliphatic rings.